The van der Waals surface area contributed by atoms with E-state index in [0.717, 1.165) is 17.0 Å². The van der Waals surface area contributed by atoms with Crippen LogP contribution in [0, 0.1) is 24.0 Å². The molecule has 0 radical (unpaired) electrons. The maximum absolute atomic E-state index is 13.7. The second-order valence-electron chi connectivity index (χ2n) is 4.80. The van der Waals surface area contributed by atoms with Gasteiger partial charge in [-0.2, -0.15) is 0 Å². The Kier molecular flexibility index (Phi) is 4.28. The number of carbonyl (C=O) groups is 1. The molecule has 1 unspecified atom stereocenters. The van der Waals surface area contributed by atoms with E-state index in [-0.39, 0.29) is 24.5 Å². The number of hydrogen-bond acceptors (Lipinski definition) is 3. The molecule has 2 rings (SSSR count). The van der Waals surface area contributed by atoms with Crippen LogP contribution in [0.2, 0.25) is 0 Å². The summed E-state index contributed by atoms with van der Waals surface area (Å²) in [5.41, 5.74) is -0.449. The lowest BCUT2D eigenvalue weighted by atomic mass is 10.1. The molecule has 21 heavy (non-hydrogen) atoms. The fraction of sp³-hybridized carbons (Fsp3) is 0.357. The molecule has 1 aromatic rings. The summed E-state index contributed by atoms with van der Waals surface area (Å²) in [5, 5.41) is 0. The van der Waals surface area contributed by atoms with E-state index in [4.69, 9.17) is 6.42 Å². The summed E-state index contributed by atoms with van der Waals surface area (Å²) < 4.78 is 49.9. The summed E-state index contributed by atoms with van der Waals surface area (Å²) in [6, 6.07) is 2.65. The number of benzene rings is 1. The molecule has 1 heterocycles. The average molecular weight is 313 g/mol. The highest BCUT2D eigenvalue weighted by Gasteiger charge is 2.35. The highest BCUT2D eigenvalue weighted by Crippen LogP contribution is 2.21. The van der Waals surface area contributed by atoms with Gasteiger partial charge in [0, 0.05) is 6.04 Å². The van der Waals surface area contributed by atoms with E-state index in [1.54, 1.807) is 0 Å². The Morgan fingerprint density at radius 2 is 2.14 bits per heavy atom. The van der Waals surface area contributed by atoms with Crippen LogP contribution in [0.1, 0.15) is 16.8 Å². The molecule has 1 saturated heterocycles. The molecule has 1 amide bonds. The second-order valence-corrected chi connectivity index (χ2v) is 7.02. The third kappa shape index (κ3) is 3.22. The highest BCUT2D eigenvalue weighted by molar-refractivity contribution is 7.91. The molecule has 1 aliphatic rings. The lowest BCUT2D eigenvalue weighted by Crippen LogP contribution is -2.41. The van der Waals surface area contributed by atoms with Crippen LogP contribution < -0.4 is 0 Å². The van der Waals surface area contributed by atoms with E-state index in [0.29, 0.717) is 0 Å². The van der Waals surface area contributed by atoms with Gasteiger partial charge in [0.15, 0.2) is 21.5 Å². The van der Waals surface area contributed by atoms with Crippen molar-refractivity contribution in [2.75, 3.05) is 18.1 Å². The zero-order valence-electron chi connectivity index (χ0n) is 11.1. The molecule has 1 fully saturated rings. The largest absolute Gasteiger partial charge is 0.323 e. The first-order valence-corrected chi connectivity index (χ1v) is 8.06. The van der Waals surface area contributed by atoms with E-state index in [2.05, 4.69) is 5.92 Å². The molecule has 1 aliphatic heterocycles. The number of halogens is 2. The zero-order valence-corrected chi connectivity index (χ0v) is 11.9. The predicted octanol–water partition coefficient (Wildman–Crippen LogP) is 1.23. The van der Waals surface area contributed by atoms with Crippen LogP contribution in [-0.4, -0.2) is 43.3 Å². The van der Waals surface area contributed by atoms with Gasteiger partial charge >= 0.3 is 0 Å². The minimum absolute atomic E-state index is 0.0440. The standard InChI is InChI=1S/C14H13F2NO3S/c1-2-7-17(10-6-8-21(19,20)9-10)14(18)11-4-3-5-12(15)13(11)16/h1,3-5,10H,6-9H2. The normalized spacial score (nSPS) is 20.0. The van der Waals surface area contributed by atoms with Gasteiger partial charge in [0.1, 0.15) is 0 Å². The SMILES string of the molecule is C#CCN(C(=O)c1cccc(F)c1F)C1CCS(=O)(=O)C1. The molecule has 4 nitrogen and oxygen atoms in total. The van der Waals surface area contributed by atoms with Gasteiger partial charge in [-0.15, -0.1) is 6.42 Å². The van der Waals surface area contributed by atoms with Crippen molar-refractivity contribution in [1.29, 1.82) is 0 Å². The summed E-state index contributed by atoms with van der Waals surface area (Å²) >= 11 is 0. The van der Waals surface area contributed by atoms with E-state index < -0.39 is 39.0 Å². The highest BCUT2D eigenvalue weighted by atomic mass is 32.2. The van der Waals surface area contributed by atoms with Gasteiger partial charge in [-0.3, -0.25) is 4.79 Å². The minimum Gasteiger partial charge on any atom is -0.323 e. The molecule has 0 N–H and O–H groups in total. The molecule has 0 saturated carbocycles. The number of nitrogens with zero attached hydrogens (tertiary/aromatic N) is 1. The maximum Gasteiger partial charge on any atom is 0.258 e. The zero-order chi connectivity index (χ0) is 15.6. The summed E-state index contributed by atoms with van der Waals surface area (Å²) in [6.07, 6.45) is 5.43. The van der Waals surface area contributed by atoms with Crippen LogP contribution >= 0.6 is 0 Å². The summed E-state index contributed by atoms with van der Waals surface area (Å²) in [7, 11) is -3.22. The smallest absolute Gasteiger partial charge is 0.258 e. The van der Waals surface area contributed by atoms with Crippen LogP contribution in [0.3, 0.4) is 0 Å². The lowest BCUT2D eigenvalue weighted by Gasteiger charge is -2.26. The van der Waals surface area contributed by atoms with Crippen molar-refractivity contribution in [1.82, 2.24) is 4.90 Å². The number of amides is 1. The number of carbonyl (C=O) groups excluding carboxylic acids is 1. The van der Waals surface area contributed by atoms with Crippen LogP contribution in [0.4, 0.5) is 8.78 Å². The minimum atomic E-state index is -3.22. The molecule has 1 aromatic carbocycles. The van der Waals surface area contributed by atoms with Gasteiger partial charge in [-0.1, -0.05) is 12.0 Å². The van der Waals surface area contributed by atoms with Gasteiger partial charge in [-0.05, 0) is 18.6 Å². The van der Waals surface area contributed by atoms with Crippen LogP contribution in [0.15, 0.2) is 18.2 Å². The van der Waals surface area contributed by atoms with Crippen molar-refractivity contribution in [3.05, 3.63) is 35.4 Å². The van der Waals surface area contributed by atoms with Gasteiger partial charge in [-0.25, -0.2) is 17.2 Å². The van der Waals surface area contributed by atoms with Crippen molar-refractivity contribution >= 4 is 15.7 Å². The summed E-state index contributed by atoms with van der Waals surface area (Å²) in [6.45, 7) is -0.158. The second kappa shape index (κ2) is 5.82. The molecule has 7 heteroatoms. The number of hydrogen-bond donors (Lipinski definition) is 0. The molecular weight excluding hydrogens is 300 g/mol. The Balaban J connectivity index is 2.33. The van der Waals surface area contributed by atoms with Gasteiger partial charge in [0.25, 0.3) is 5.91 Å². The van der Waals surface area contributed by atoms with Crippen molar-refractivity contribution < 1.29 is 22.0 Å². The van der Waals surface area contributed by atoms with E-state index in [9.17, 15) is 22.0 Å². The van der Waals surface area contributed by atoms with Crippen LogP contribution in [0.25, 0.3) is 0 Å². The maximum atomic E-state index is 13.7. The van der Waals surface area contributed by atoms with Crippen molar-refractivity contribution in [3.8, 4) is 12.3 Å². The molecule has 0 aliphatic carbocycles. The first kappa shape index (κ1) is 15.4. The van der Waals surface area contributed by atoms with Gasteiger partial charge < -0.3 is 4.90 Å². The average Bonchev–Trinajstić information content (AvgIpc) is 2.78. The molecule has 1 atom stereocenters. The quantitative estimate of drug-likeness (QED) is 0.789. The van der Waals surface area contributed by atoms with Crippen molar-refractivity contribution in [3.63, 3.8) is 0 Å². The fourth-order valence-corrected chi connectivity index (χ4v) is 4.04. The molecular formula is C14H13F2NO3S. The topological polar surface area (TPSA) is 54.5 Å². The number of terminal acetylenes is 1. The Labute approximate surface area is 121 Å². The van der Waals surface area contributed by atoms with Gasteiger partial charge in [0.05, 0.1) is 23.6 Å². The van der Waals surface area contributed by atoms with Crippen molar-refractivity contribution in [2.24, 2.45) is 0 Å². The number of rotatable bonds is 3. The van der Waals surface area contributed by atoms with Gasteiger partial charge in [0.2, 0.25) is 0 Å². The first-order chi connectivity index (χ1) is 9.85. The summed E-state index contributed by atoms with van der Waals surface area (Å²) in [5.74, 6) is -1.20. The Morgan fingerprint density at radius 1 is 1.43 bits per heavy atom. The third-order valence-corrected chi connectivity index (χ3v) is 5.10. The molecule has 0 spiro atoms. The molecule has 0 aromatic heterocycles. The monoisotopic (exact) mass is 313 g/mol. The predicted molar refractivity (Wildman–Crippen MR) is 73.3 cm³/mol. The Bertz CT molecular complexity index is 709. The van der Waals surface area contributed by atoms with E-state index >= 15 is 0 Å². The van der Waals surface area contributed by atoms with Crippen LogP contribution in [-0.2, 0) is 9.84 Å². The third-order valence-electron chi connectivity index (χ3n) is 3.35. The van der Waals surface area contributed by atoms with E-state index in [1.165, 1.54) is 6.07 Å². The number of sulfone groups is 1. The van der Waals surface area contributed by atoms with Crippen molar-refractivity contribution in [2.45, 2.75) is 12.5 Å². The molecule has 112 valence electrons. The fourth-order valence-electron chi connectivity index (χ4n) is 2.31. The lowest BCUT2D eigenvalue weighted by molar-refractivity contribution is 0.0718. The molecule has 0 bridgehead atoms. The van der Waals surface area contributed by atoms with E-state index in [1.807, 2.05) is 0 Å². The van der Waals surface area contributed by atoms with Crippen LogP contribution in [0.5, 0.6) is 0 Å². The first-order valence-electron chi connectivity index (χ1n) is 6.24. The Morgan fingerprint density at radius 3 is 2.71 bits per heavy atom. The summed E-state index contributed by atoms with van der Waals surface area (Å²) in [4.78, 5) is 13.4. The Hall–Kier alpha value is -1.94.